The van der Waals surface area contributed by atoms with Gasteiger partial charge in [0, 0.05) is 29.5 Å². The molecule has 2 aliphatic carbocycles. The van der Waals surface area contributed by atoms with Crippen molar-refractivity contribution < 1.29 is 42.2 Å². The largest absolute Gasteiger partial charge is 0.494 e. The lowest BCUT2D eigenvalue weighted by molar-refractivity contribution is -0.146. The van der Waals surface area contributed by atoms with Crippen molar-refractivity contribution in [2.24, 2.45) is 17.8 Å². The Morgan fingerprint density at radius 3 is 2.53 bits per heavy atom. The highest BCUT2D eigenvalue weighted by atomic mass is 32.2. The fourth-order valence-electron chi connectivity index (χ4n) is 8.20. The van der Waals surface area contributed by atoms with E-state index in [-0.39, 0.29) is 25.3 Å². The van der Waals surface area contributed by atoms with Crippen molar-refractivity contribution in [3.8, 4) is 11.6 Å². The maximum absolute atomic E-state index is 15.0. The van der Waals surface area contributed by atoms with Crippen molar-refractivity contribution in [2.75, 3.05) is 13.2 Å². The first-order chi connectivity index (χ1) is 25.8. The first-order valence-corrected chi connectivity index (χ1v) is 20.8. The van der Waals surface area contributed by atoms with Crippen LogP contribution in [-0.2, 0) is 24.4 Å². The maximum Gasteiger partial charge on any atom is 0.408 e. The molecule has 3 fully saturated rings. The molecular weight excluding hydrogens is 727 g/mol. The minimum Gasteiger partial charge on any atom is -0.494 e. The van der Waals surface area contributed by atoms with Crippen molar-refractivity contribution in [1.29, 1.82) is 0 Å². The molecule has 300 valence electrons. The van der Waals surface area contributed by atoms with Gasteiger partial charge in [0.2, 0.25) is 27.7 Å². The maximum atomic E-state index is 15.0. The first-order valence-electron chi connectivity index (χ1n) is 19.4. The lowest BCUT2D eigenvalue weighted by Crippen LogP contribution is -2.62. The average Bonchev–Trinajstić information content (AvgIpc) is 3.98. The number of nitrogens with zero attached hydrogens (tertiary/aromatic N) is 3. The first kappa shape index (κ1) is 40.3. The molecule has 1 saturated heterocycles. The predicted octanol–water partition coefficient (Wildman–Crippen LogP) is 5.01. The van der Waals surface area contributed by atoms with Crippen LogP contribution in [0.4, 0.5) is 4.79 Å². The van der Waals surface area contributed by atoms with Gasteiger partial charge in [-0.1, -0.05) is 26.0 Å². The molecule has 3 heterocycles. The number of fused-ring (bicyclic) bond motifs is 3. The van der Waals surface area contributed by atoms with Crippen molar-refractivity contribution in [2.45, 2.75) is 127 Å². The molecule has 6 rings (SSSR count). The SMILES string of the molecule is CCOc1ccc2c(O[C@@H]3C[C@H]4C(=O)N[C@]5(C(=O)NS(=O)(=O)C6(C)CC6)C[C@H]5/C=C\CC[C@H](C)C[C@@H](C)[C@H](N(C(=O)O)C(C)(C)C)C(=O)N4C3)nccc2c1. The highest BCUT2D eigenvalue weighted by Gasteiger charge is 2.63. The Hall–Kier alpha value is -4.40. The summed E-state index contributed by atoms with van der Waals surface area (Å²) < 4.78 is 39.8. The fourth-order valence-corrected chi connectivity index (χ4v) is 9.51. The molecule has 4 amide bonds. The summed E-state index contributed by atoms with van der Waals surface area (Å²) in [5, 5.41) is 15.0. The van der Waals surface area contributed by atoms with E-state index in [1.807, 2.05) is 50.3 Å². The van der Waals surface area contributed by atoms with Gasteiger partial charge in [0.25, 0.3) is 5.91 Å². The Morgan fingerprint density at radius 2 is 1.87 bits per heavy atom. The van der Waals surface area contributed by atoms with Gasteiger partial charge in [0.1, 0.15) is 29.5 Å². The van der Waals surface area contributed by atoms with E-state index in [9.17, 15) is 27.9 Å². The van der Waals surface area contributed by atoms with Gasteiger partial charge in [0.05, 0.1) is 17.9 Å². The zero-order chi connectivity index (χ0) is 40.1. The minimum absolute atomic E-state index is 0.0152. The summed E-state index contributed by atoms with van der Waals surface area (Å²) in [7, 11) is -4.01. The molecule has 0 spiro atoms. The third-order valence-electron chi connectivity index (χ3n) is 11.7. The summed E-state index contributed by atoms with van der Waals surface area (Å²) in [5.41, 5.74) is -2.52. The van der Waals surface area contributed by atoms with E-state index < -0.39 is 79.7 Å². The third-order valence-corrected chi connectivity index (χ3v) is 13.9. The van der Waals surface area contributed by atoms with Crippen molar-refractivity contribution in [3.05, 3.63) is 42.6 Å². The van der Waals surface area contributed by atoms with E-state index in [0.29, 0.717) is 49.3 Å². The number of carbonyl (C=O) groups excluding carboxylic acids is 3. The number of allylic oxidation sites excluding steroid dienone is 1. The summed E-state index contributed by atoms with van der Waals surface area (Å²) in [4.78, 5) is 63.6. The standard InChI is InChI=1S/C40H55N5O9S/c1-8-53-28-13-14-30-26(20-28)15-18-41-34(30)54-29-21-31-33(46)42-40(36(48)43-55(51,52)39(7)16-17-39)22-27(40)12-10-9-11-24(2)19-25(3)32(35(47)44(31)23-29)45(37(49)50)38(4,5)6/h10,12-15,18,20,24-25,27,29,31-32H,8-9,11,16-17,19,21-23H2,1-7H3,(H,42,46)(H,43,48)(H,49,50)/b12-10-/t24-,25+,27+,29+,31-,32-,40+/m0/s1. The number of hydrogen-bond donors (Lipinski definition) is 3. The van der Waals surface area contributed by atoms with Gasteiger partial charge in [-0.25, -0.2) is 18.2 Å². The van der Waals surface area contributed by atoms with Gasteiger partial charge < -0.3 is 24.8 Å². The van der Waals surface area contributed by atoms with Crippen LogP contribution in [0.2, 0.25) is 0 Å². The summed E-state index contributed by atoms with van der Waals surface area (Å²) in [6.07, 6.45) is 6.41. The lowest BCUT2D eigenvalue weighted by atomic mass is 9.85. The van der Waals surface area contributed by atoms with E-state index in [0.717, 1.165) is 11.8 Å². The lowest BCUT2D eigenvalue weighted by Gasteiger charge is -2.43. The number of sulfonamides is 1. The van der Waals surface area contributed by atoms with Crippen LogP contribution in [0.5, 0.6) is 11.6 Å². The number of aromatic nitrogens is 1. The van der Waals surface area contributed by atoms with E-state index in [1.165, 1.54) is 9.80 Å². The molecule has 2 aromatic rings. The molecule has 0 bridgehead atoms. The van der Waals surface area contributed by atoms with Crippen LogP contribution >= 0.6 is 0 Å². The van der Waals surface area contributed by atoms with Gasteiger partial charge in [-0.05, 0) is 115 Å². The molecular formula is C40H55N5O9S. The molecule has 3 N–H and O–H groups in total. The second-order valence-electron chi connectivity index (χ2n) is 17.2. The fraction of sp³-hybridized carbons (Fsp3) is 0.625. The Morgan fingerprint density at radius 1 is 1.15 bits per heavy atom. The molecule has 15 heteroatoms. The number of hydrogen-bond acceptors (Lipinski definition) is 9. The summed E-state index contributed by atoms with van der Waals surface area (Å²) in [6, 6.07) is 5.04. The molecule has 7 atom stereocenters. The predicted molar refractivity (Wildman–Crippen MR) is 206 cm³/mol. The number of carboxylic acid groups (broad SMARTS) is 1. The van der Waals surface area contributed by atoms with Crippen LogP contribution in [0.1, 0.15) is 93.4 Å². The highest BCUT2D eigenvalue weighted by Crippen LogP contribution is 2.48. The second kappa shape index (κ2) is 14.9. The molecule has 14 nitrogen and oxygen atoms in total. The van der Waals surface area contributed by atoms with Gasteiger partial charge in [-0.15, -0.1) is 0 Å². The monoisotopic (exact) mass is 781 g/mol. The van der Waals surface area contributed by atoms with Crippen molar-refractivity contribution in [3.63, 3.8) is 0 Å². The Bertz CT molecular complexity index is 1980. The van der Waals surface area contributed by atoms with Crippen LogP contribution in [-0.4, -0.2) is 99.3 Å². The number of amides is 4. The smallest absolute Gasteiger partial charge is 0.408 e. The van der Waals surface area contributed by atoms with Crippen LogP contribution in [0, 0.1) is 17.8 Å². The molecule has 1 aromatic carbocycles. The summed E-state index contributed by atoms with van der Waals surface area (Å²) >= 11 is 0. The number of ether oxygens (including phenoxy) is 2. The molecule has 0 radical (unpaired) electrons. The zero-order valence-electron chi connectivity index (χ0n) is 32.8. The van der Waals surface area contributed by atoms with E-state index in [2.05, 4.69) is 21.9 Å². The molecule has 2 aliphatic heterocycles. The Balaban J connectivity index is 1.38. The Labute approximate surface area is 323 Å². The molecule has 2 saturated carbocycles. The van der Waals surface area contributed by atoms with Gasteiger partial charge in [-0.2, -0.15) is 0 Å². The number of carbonyl (C=O) groups is 4. The van der Waals surface area contributed by atoms with Crippen molar-refractivity contribution in [1.82, 2.24) is 24.8 Å². The van der Waals surface area contributed by atoms with Crippen molar-refractivity contribution >= 4 is 44.6 Å². The van der Waals surface area contributed by atoms with Gasteiger partial charge in [-0.3, -0.25) is 24.0 Å². The number of nitrogens with one attached hydrogen (secondary N) is 2. The van der Waals surface area contributed by atoms with E-state index >= 15 is 4.79 Å². The highest BCUT2D eigenvalue weighted by molar-refractivity contribution is 7.91. The number of benzene rings is 1. The Kier molecular flexibility index (Phi) is 10.9. The van der Waals surface area contributed by atoms with Gasteiger partial charge >= 0.3 is 6.09 Å². The van der Waals surface area contributed by atoms with Crippen LogP contribution in [0.3, 0.4) is 0 Å². The normalized spacial score (nSPS) is 30.1. The zero-order valence-corrected chi connectivity index (χ0v) is 33.6. The molecule has 55 heavy (non-hydrogen) atoms. The summed E-state index contributed by atoms with van der Waals surface area (Å²) in [5.74, 6) is -1.81. The topological polar surface area (TPSA) is 185 Å². The van der Waals surface area contributed by atoms with Crippen LogP contribution in [0.25, 0.3) is 10.8 Å². The molecule has 1 aromatic heterocycles. The molecule has 4 aliphatic rings. The number of rotatable bonds is 8. The van der Waals surface area contributed by atoms with Crippen LogP contribution in [0.15, 0.2) is 42.6 Å². The average molecular weight is 782 g/mol. The second-order valence-corrected chi connectivity index (χ2v) is 19.4. The molecule has 0 unspecified atom stereocenters. The minimum atomic E-state index is -4.01. The summed E-state index contributed by atoms with van der Waals surface area (Å²) in [6.45, 7) is 13.1. The third kappa shape index (κ3) is 8.13. The van der Waals surface area contributed by atoms with E-state index in [1.54, 1.807) is 33.9 Å². The number of pyridine rings is 1. The van der Waals surface area contributed by atoms with E-state index in [4.69, 9.17) is 9.47 Å². The van der Waals surface area contributed by atoms with Crippen LogP contribution < -0.4 is 19.5 Å². The quantitative estimate of drug-likeness (QED) is 0.308. The van der Waals surface area contributed by atoms with Gasteiger partial charge in [0.15, 0.2) is 0 Å².